The molecular formula is C21H24N2. The SMILES string of the molecule is Cc1[nH]c(-c2ccccc2)nc1-c1cccc(CC(C)(C)C)c1. The highest BCUT2D eigenvalue weighted by molar-refractivity contribution is 5.67. The first-order valence-electron chi connectivity index (χ1n) is 8.14. The largest absolute Gasteiger partial charge is 0.342 e. The molecule has 0 aliphatic rings. The fourth-order valence-corrected chi connectivity index (χ4v) is 2.92. The Labute approximate surface area is 138 Å². The third-order valence-electron chi connectivity index (χ3n) is 3.87. The smallest absolute Gasteiger partial charge is 0.138 e. The van der Waals surface area contributed by atoms with E-state index in [1.807, 2.05) is 18.2 Å². The summed E-state index contributed by atoms with van der Waals surface area (Å²) < 4.78 is 0. The number of aromatic amines is 1. The van der Waals surface area contributed by atoms with E-state index < -0.39 is 0 Å². The van der Waals surface area contributed by atoms with Crippen LogP contribution in [0.4, 0.5) is 0 Å². The van der Waals surface area contributed by atoms with Gasteiger partial charge in [0.1, 0.15) is 5.82 Å². The number of benzene rings is 2. The molecule has 118 valence electrons. The van der Waals surface area contributed by atoms with Crippen LogP contribution in [0, 0.1) is 12.3 Å². The Hall–Kier alpha value is -2.35. The zero-order valence-electron chi connectivity index (χ0n) is 14.4. The number of nitrogens with one attached hydrogen (secondary N) is 1. The highest BCUT2D eigenvalue weighted by atomic mass is 14.9. The van der Waals surface area contributed by atoms with E-state index in [-0.39, 0.29) is 5.41 Å². The Morgan fingerprint density at radius 2 is 1.61 bits per heavy atom. The van der Waals surface area contributed by atoms with Gasteiger partial charge in [-0.2, -0.15) is 0 Å². The van der Waals surface area contributed by atoms with Crippen molar-refractivity contribution in [3.8, 4) is 22.6 Å². The van der Waals surface area contributed by atoms with E-state index >= 15 is 0 Å². The molecule has 0 atom stereocenters. The molecule has 1 aromatic heterocycles. The molecule has 0 unspecified atom stereocenters. The summed E-state index contributed by atoms with van der Waals surface area (Å²) in [5, 5.41) is 0. The molecule has 2 nitrogen and oxygen atoms in total. The van der Waals surface area contributed by atoms with Crippen molar-refractivity contribution in [2.24, 2.45) is 5.41 Å². The van der Waals surface area contributed by atoms with E-state index in [0.29, 0.717) is 0 Å². The van der Waals surface area contributed by atoms with Crippen molar-refractivity contribution in [2.45, 2.75) is 34.1 Å². The van der Waals surface area contributed by atoms with Crippen LogP contribution in [0.5, 0.6) is 0 Å². The number of rotatable bonds is 3. The Kier molecular flexibility index (Phi) is 4.08. The van der Waals surface area contributed by atoms with Gasteiger partial charge in [-0.3, -0.25) is 0 Å². The van der Waals surface area contributed by atoms with Gasteiger partial charge in [-0.15, -0.1) is 0 Å². The zero-order valence-corrected chi connectivity index (χ0v) is 14.4. The van der Waals surface area contributed by atoms with E-state index in [1.54, 1.807) is 0 Å². The molecule has 0 bridgehead atoms. The summed E-state index contributed by atoms with van der Waals surface area (Å²) in [7, 11) is 0. The zero-order chi connectivity index (χ0) is 16.4. The summed E-state index contributed by atoms with van der Waals surface area (Å²) in [6.45, 7) is 8.90. The lowest BCUT2D eigenvalue weighted by molar-refractivity contribution is 0.411. The maximum absolute atomic E-state index is 4.83. The monoisotopic (exact) mass is 304 g/mol. The number of imidazole rings is 1. The third kappa shape index (κ3) is 3.70. The molecule has 3 rings (SSSR count). The molecule has 1 N–H and O–H groups in total. The Balaban J connectivity index is 1.96. The van der Waals surface area contributed by atoms with Crippen molar-refractivity contribution < 1.29 is 0 Å². The average molecular weight is 304 g/mol. The van der Waals surface area contributed by atoms with Gasteiger partial charge in [-0.25, -0.2) is 4.98 Å². The predicted octanol–water partition coefficient (Wildman–Crippen LogP) is 5.64. The topological polar surface area (TPSA) is 28.7 Å². The maximum atomic E-state index is 4.83. The molecule has 0 saturated carbocycles. The Morgan fingerprint density at radius 3 is 2.30 bits per heavy atom. The Bertz CT molecular complexity index is 792. The highest BCUT2D eigenvalue weighted by Gasteiger charge is 2.14. The molecular weight excluding hydrogens is 280 g/mol. The molecule has 3 aromatic rings. The van der Waals surface area contributed by atoms with Crippen molar-refractivity contribution in [1.82, 2.24) is 9.97 Å². The van der Waals surface area contributed by atoms with Crippen LogP contribution < -0.4 is 0 Å². The van der Waals surface area contributed by atoms with Gasteiger partial charge in [0.05, 0.1) is 5.69 Å². The molecule has 0 saturated heterocycles. The van der Waals surface area contributed by atoms with Crippen molar-refractivity contribution in [2.75, 3.05) is 0 Å². The fourth-order valence-electron chi connectivity index (χ4n) is 2.92. The second-order valence-corrected chi connectivity index (χ2v) is 7.36. The molecule has 0 fully saturated rings. The van der Waals surface area contributed by atoms with Crippen LogP contribution in [-0.2, 0) is 6.42 Å². The minimum Gasteiger partial charge on any atom is -0.342 e. The molecule has 0 radical (unpaired) electrons. The van der Waals surface area contributed by atoms with Gasteiger partial charge < -0.3 is 4.98 Å². The second kappa shape index (κ2) is 6.04. The number of aryl methyl sites for hydroxylation is 1. The summed E-state index contributed by atoms with van der Waals surface area (Å²) >= 11 is 0. The number of hydrogen-bond acceptors (Lipinski definition) is 1. The van der Waals surface area contributed by atoms with Gasteiger partial charge in [0.2, 0.25) is 0 Å². The summed E-state index contributed by atoms with van der Waals surface area (Å²) in [6.07, 6.45) is 1.07. The normalized spacial score (nSPS) is 11.7. The van der Waals surface area contributed by atoms with Crippen molar-refractivity contribution >= 4 is 0 Å². The lowest BCUT2D eigenvalue weighted by atomic mass is 9.87. The van der Waals surface area contributed by atoms with Crippen LogP contribution in [0.2, 0.25) is 0 Å². The van der Waals surface area contributed by atoms with Gasteiger partial charge in [0, 0.05) is 16.8 Å². The molecule has 2 heteroatoms. The van der Waals surface area contributed by atoms with Gasteiger partial charge >= 0.3 is 0 Å². The van der Waals surface area contributed by atoms with E-state index in [1.165, 1.54) is 11.1 Å². The molecule has 0 aliphatic heterocycles. The van der Waals surface area contributed by atoms with E-state index in [2.05, 4.69) is 69.1 Å². The summed E-state index contributed by atoms with van der Waals surface area (Å²) in [5.74, 6) is 0.930. The van der Waals surface area contributed by atoms with Crippen LogP contribution in [0.1, 0.15) is 32.0 Å². The lowest BCUT2D eigenvalue weighted by Gasteiger charge is -2.18. The first-order chi connectivity index (χ1) is 10.9. The average Bonchev–Trinajstić information content (AvgIpc) is 2.89. The molecule has 23 heavy (non-hydrogen) atoms. The molecule has 2 aromatic carbocycles. The molecule has 0 amide bonds. The molecule has 1 heterocycles. The maximum Gasteiger partial charge on any atom is 0.138 e. The number of aromatic nitrogens is 2. The van der Waals surface area contributed by atoms with Crippen LogP contribution in [-0.4, -0.2) is 9.97 Å². The number of H-pyrrole nitrogens is 1. The molecule has 0 spiro atoms. The predicted molar refractivity (Wildman–Crippen MR) is 97.4 cm³/mol. The van der Waals surface area contributed by atoms with Crippen LogP contribution in [0.3, 0.4) is 0 Å². The summed E-state index contributed by atoms with van der Waals surface area (Å²) in [5.41, 5.74) is 6.10. The minimum atomic E-state index is 0.286. The van der Waals surface area contributed by atoms with Gasteiger partial charge in [0.25, 0.3) is 0 Å². The highest BCUT2D eigenvalue weighted by Crippen LogP contribution is 2.28. The van der Waals surface area contributed by atoms with Crippen molar-refractivity contribution in [3.05, 3.63) is 65.9 Å². The quantitative estimate of drug-likeness (QED) is 0.666. The fraction of sp³-hybridized carbons (Fsp3) is 0.286. The first kappa shape index (κ1) is 15.5. The van der Waals surface area contributed by atoms with Gasteiger partial charge in [-0.1, -0.05) is 69.3 Å². The summed E-state index contributed by atoms with van der Waals surface area (Å²) in [4.78, 5) is 8.25. The van der Waals surface area contributed by atoms with Crippen LogP contribution in [0.25, 0.3) is 22.6 Å². The van der Waals surface area contributed by atoms with Crippen LogP contribution >= 0.6 is 0 Å². The molecule has 0 aliphatic carbocycles. The van der Waals surface area contributed by atoms with Gasteiger partial charge in [0.15, 0.2) is 0 Å². The van der Waals surface area contributed by atoms with Crippen molar-refractivity contribution in [3.63, 3.8) is 0 Å². The Morgan fingerprint density at radius 1 is 0.913 bits per heavy atom. The van der Waals surface area contributed by atoms with Crippen LogP contribution in [0.15, 0.2) is 54.6 Å². The van der Waals surface area contributed by atoms with Gasteiger partial charge in [-0.05, 0) is 30.4 Å². The standard InChI is InChI=1S/C21H24N2/c1-15-19(23-20(22-15)17-10-6-5-7-11-17)18-12-8-9-16(13-18)14-21(2,3)4/h5-13H,14H2,1-4H3,(H,22,23). The lowest BCUT2D eigenvalue weighted by Crippen LogP contribution is -2.09. The van der Waals surface area contributed by atoms with Crippen molar-refractivity contribution in [1.29, 1.82) is 0 Å². The van der Waals surface area contributed by atoms with E-state index in [9.17, 15) is 0 Å². The number of hydrogen-bond donors (Lipinski definition) is 1. The number of nitrogens with zero attached hydrogens (tertiary/aromatic N) is 1. The second-order valence-electron chi connectivity index (χ2n) is 7.36. The van der Waals surface area contributed by atoms with E-state index in [0.717, 1.165) is 29.2 Å². The minimum absolute atomic E-state index is 0.286. The first-order valence-corrected chi connectivity index (χ1v) is 8.14. The third-order valence-corrected chi connectivity index (χ3v) is 3.87. The van der Waals surface area contributed by atoms with E-state index in [4.69, 9.17) is 4.98 Å². The summed E-state index contributed by atoms with van der Waals surface area (Å²) in [6, 6.07) is 19.0.